The molecule has 0 saturated carbocycles. The van der Waals surface area contributed by atoms with E-state index in [1.54, 1.807) is 12.1 Å². The third-order valence-corrected chi connectivity index (χ3v) is 4.27. The zero-order valence-corrected chi connectivity index (χ0v) is 14.0. The first-order valence-corrected chi connectivity index (χ1v) is 7.71. The third kappa shape index (κ3) is 3.81. The molecule has 0 radical (unpaired) electrons. The lowest BCUT2D eigenvalue weighted by molar-refractivity contribution is 0.467. The molecule has 0 aromatic heterocycles. The van der Waals surface area contributed by atoms with Crippen molar-refractivity contribution < 1.29 is 9.50 Å². The number of nitrogens with one attached hydrogen (secondary N) is 1. The van der Waals surface area contributed by atoms with E-state index in [0.717, 1.165) is 11.1 Å². The molecule has 0 aliphatic heterocycles. The van der Waals surface area contributed by atoms with Gasteiger partial charge in [-0.1, -0.05) is 12.1 Å². The highest BCUT2D eigenvalue weighted by molar-refractivity contribution is 9.11. The van der Waals surface area contributed by atoms with Crippen molar-refractivity contribution in [2.45, 2.75) is 19.5 Å². The fraction of sp³-hybridized carbons (Fsp3) is 0.200. The van der Waals surface area contributed by atoms with Crippen LogP contribution in [0.1, 0.15) is 24.1 Å². The Hall–Kier alpha value is -0.910. The summed E-state index contributed by atoms with van der Waals surface area (Å²) in [5.41, 5.74) is 2.07. The van der Waals surface area contributed by atoms with Crippen molar-refractivity contribution in [3.63, 3.8) is 0 Å². The van der Waals surface area contributed by atoms with Gasteiger partial charge in [-0.15, -0.1) is 0 Å². The van der Waals surface area contributed by atoms with Gasteiger partial charge in [-0.05, 0) is 74.2 Å². The molecule has 2 aromatic rings. The van der Waals surface area contributed by atoms with E-state index in [1.165, 1.54) is 12.1 Å². The molecule has 2 rings (SSSR count). The molecule has 1 atom stereocenters. The van der Waals surface area contributed by atoms with Crippen molar-refractivity contribution in [2.75, 3.05) is 0 Å². The monoisotopic (exact) mass is 401 g/mol. The number of rotatable bonds is 4. The molecule has 106 valence electrons. The summed E-state index contributed by atoms with van der Waals surface area (Å²) in [5, 5.41) is 13.0. The van der Waals surface area contributed by atoms with Crippen molar-refractivity contribution in [1.82, 2.24) is 5.32 Å². The molecule has 5 heteroatoms. The average Bonchev–Trinajstić information content (AvgIpc) is 2.42. The highest BCUT2D eigenvalue weighted by Crippen LogP contribution is 2.33. The normalized spacial score (nSPS) is 12.4. The predicted molar refractivity (Wildman–Crippen MR) is 85.2 cm³/mol. The molecule has 2 aromatic carbocycles. The standard InChI is InChI=1S/C15H14Br2FNO/c1-9(11-2-4-12(18)5-3-11)19-8-10-6-13(16)15(20)14(17)7-10/h2-7,9,19-20H,8H2,1H3/t9-/m1/s1. The van der Waals surface area contributed by atoms with Crippen molar-refractivity contribution in [2.24, 2.45) is 0 Å². The average molecular weight is 403 g/mol. The molecule has 0 fully saturated rings. The first-order chi connectivity index (χ1) is 9.47. The van der Waals surface area contributed by atoms with Crippen molar-refractivity contribution in [1.29, 1.82) is 0 Å². The summed E-state index contributed by atoms with van der Waals surface area (Å²) in [6.45, 7) is 2.67. The fourth-order valence-corrected chi connectivity index (χ4v) is 3.14. The topological polar surface area (TPSA) is 32.3 Å². The first-order valence-electron chi connectivity index (χ1n) is 6.13. The van der Waals surface area contributed by atoms with Crippen LogP contribution in [0.5, 0.6) is 5.75 Å². The van der Waals surface area contributed by atoms with Crippen LogP contribution in [0.3, 0.4) is 0 Å². The predicted octanol–water partition coefficient (Wildman–Crippen LogP) is 4.91. The van der Waals surface area contributed by atoms with Crippen molar-refractivity contribution >= 4 is 31.9 Å². The van der Waals surface area contributed by atoms with E-state index in [1.807, 2.05) is 19.1 Å². The van der Waals surface area contributed by atoms with E-state index >= 15 is 0 Å². The zero-order chi connectivity index (χ0) is 14.7. The maximum Gasteiger partial charge on any atom is 0.143 e. The number of aromatic hydroxyl groups is 1. The minimum Gasteiger partial charge on any atom is -0.506 e. The summed E-state index contributed by atoms with van der Waals surface area (Å²) in [6.07, 6.45) is 0. The van der Waals surface area contributed by atoms with Gasteiger partial charge in [0, 0.05) is 12.6 Å². The van der Waals surface area contributed by atoms with Crippen LogP contribution in [-0.2, 0) is 6.54 Å². The lowest BCUT2D eigenvalue weighted by Gasteiger charge is -2.15. The van der Waals surface area contributed by atoms with Gasteiger partial charge in [-0.25, -0.2) is 4.39 Å². The minimum absolute atomic E-state index is 0.113. The second-order valence-corrected chi connectivity index (χ2v) is 6.27. The highest BCUT2D eigenvalue weighted by Gasteiger charge is 2.08. The Morgan fingerprint density at radius 3 is 2.25 bits per heavy atom. The second kappa shape index (κ2) is 6.70. The molecule has 2 nitrogen and oxygen atoms in total. The molecular formula is C15H14Br2FNO. The molecule has 0 aliphatic carbocycles. The van der Waals surface area contributed by atoms with Gasteiger partial charge in [0.1, 0.15) is 11.6 Å². The minimum atomic E-state index is -0.229. The maximum atomic E-state index is 12.9. The van der Waals surface area contributed by atoms with E-state index < -0.39 is 0 Å². The number of phenolic OH excluding ortho intramolecular Hbond substituents is 1. The van der Waals surface area contributed by atoms with E-state index in [2.05, 4.69) is 37.2 Å². The number of hydrogen-bond donors (Lipinski definition) is 2. The van der Waals surface area contributed by atoms with Gasteiger partial charge in [0.25, 0.3) is 0 Å². The summed E-state index contributed by atoms with van der Waals surface area (Å²) >= 11 is 6.61. The zero-order valence-electron chi connectivity index (χ0n) is 10.8. The van der Waals surface area contributed by atoms with E-state index in [9.17, 15) is 9.50 Å². The van der Waals surface area contributed by atoms with E-state index in [-0.39, 0.29) is 17.6 Å². The Morgan fingerprint density at radius 2 is 1.70 bits per heavy atom. The van der Waals surface area contributed by atoms with Crippen LogP contribution in [0, 0.1) is 5.82 Å². The molecule has 0 spiro atoms. The van der Waals surface area contributed by atoms with Crippen LogP contribution in [0.15, 0.2) is 45.3 Å². The lowest BCUT2D eigenvalue weighted by Crippen LogP contribution is -2.18. The largest absolute Gasteiger partial charge is 0.506 e. The summed E-state index contributed by atoms with van der Waals surface area (Å²) in [5.74, 6) is -0.0346. The lowest BCUT2D eigenvalue weighted by atomic mass is 10.1. The molecule has 0 unspecified atom stereocenters. The third-order valence-electron chi connectivity index (χ3n) is 3.06. The van der Waals surface area contributed by atoms with Gasteiger partial charge in [-0.2, -0.15) is 0 Å². The smallest absolute Gasteiger partial charge is 0.143 e. The van der Waals surface area contributed by atoms with Crippen LogP contribution in [0.25, 0.3) is 0 Å². The van der Waals surface area contributed by atoms with Gasteiger partial charge in [0.05, 0.1) is 8.95 Å². The molecule has 0 amide bonds. The molecule has 2 N–H and O–H groups in total. The van der Waals surface area contributed by atoms with Gasteiger partial charge in [0.2, 0.25) is 0 Å². The number of halogens is 3. The molecular weight excluding hydrogens is 389 g/mol. The van der Waals surface area contributed by atoms with Gasteiger partial charge in [0.15, 0.2) is 0 Å². The van der Waals surface area contributed by atoms with Gasteiger partial charge in [-0.3, -0.25) is 0 Å². The Kier molecular flexibility index (Phi) is 5.18. The maximum absolute atomic E-state index is 12.9. The van der Waals surface area contributed by atoms with Crippen LogP contribution < -0.4 is 5.32 Å². The number of hydrogen-bond acceptors (Lipinski definition) is 2. The fourth-order valence-electron chi connectivity index (χ4n) is 1.86. The van der Waals surface area contributed by atoms with Crippen LogP contribution >= 0.6 is 31.9 Å². The first kappa shape index (κ1) is 15.5. The quantitative estimate of drug-likeness (QED) is 0.761. The molecule has 20 heavy (non-hydrogen) atoms. The summed E-state index contributed by atoms with van der Waals surface area (Å²) in [7, 11) is 0. The summed E-state index contributed by atoms with van der Waals surface area (Å²) in [4.78, 5) is 0. The van der Waals surface area contributed by atoms with E-state index in [0.29, 0.717) is 15.5 Å². The van der Waals surface area contributed by atoms with Gasteiger partial charge < -0.3 is 10.4 Å². The molecule has 0 saturated heterocycles. The molecule has 0 bridgehead atoms. The Labute approximate surface area is 134 Å². The molecule has 0 heterocycles. The highest BCUT2D eigenvalue weighted by atomic mass is 79.9. The Morgan fingerprint density at radius 1 is 1.15 bits per heavy atom. The Balaban J connectivity index is 2.03. The van der Waals surface area contributed by atoms with Crippen LogP contribution in [-0.4, -0.2) is 5.11 Å². The Bertz CT molecular complexity index is 578. The second-order valence-electron chi connectivity index (χ2n) is 4.56. The van der Waals surface area contributed by atoms with Crippen molar-refractivity contribution in [3.05, 3.63) is 62.3 Å². The van der Waals surface area contributed by atoms with Crippen LogP contribution in [0.2, 0.25) is 0 Å². The van der Waals surface area contributed by atoms with E-state index in [4.69, 9.17) is 0 Å². The van der Waals surface area contributed by atoms with Gasteiger partial charge >= 0.3 is 0 Å². The SMILES string of the molecule is C[C@@H](NCc1cc(Br)c(O)c(Br)c1)c1ccc(F)cc1. The summed E-state index contributed by atoms with van der Waals surface area (Å²) < 4.78 is 14.2. The van der Waals surface area contributed by atoms with Crippen LogP contribution in [0.4, 0.5) is 4.39 Å². The summed E-state index contributed by atoms with van der Waals surface area (Å²) in [6, 6.07) is 10.3. The van der Waals surface area contributed by atoms with Crippen molar-refractivity contribution in [3.8, 4) is 5.75 Å². The number of phenols is 1. The number of benzene rings is 2. The molecule has 0 aliphatic rings.